The van der Waals surface area contributed by atoms with E-state index in [2.05, 4.69) is 31.9 Å². The summed E-state index contributed by atoms with van der Waals surface area (Å²) in [5.41, 5.74) is 3.28. The van der Waals surface area contributed by atoms with E-state index in [9.17, 15) is 8.42 Å². The Morgan fingerprint density at radius 2 is 1.96 bits per heavy atom. The van der Waals surface area contributed by atoms with E-state index in [4.69, 9.17) is 14.6 Å². The van der Waals surface area contributed by atoms with Crippen LogP contribution in [0.15, 0.2) is 50.7 Å². The fraction of sp³-hybridized carbons (Fsp3) is 0.158. The van der Waals surface area contributed by atoms with Crippen molar-refractivity contribution in [2.75, 3.05) is 7.11 Å². The fourth-order valence-corrected chi connectivity index (χ4v) is 5.86. The summed E-state index contributed by atoms with van der Waals surface area (Å²) in [7, 11) is -2.03. The third-order valence-corrected chi connectivity index (χ3v) is 7.24. The molecular formula is C19H15Br2NO4S2. The maximum atomic E-state index is 11.6. The van der Waals surface area contributed by atoms with Crippen LogP contribution in [-0.2, 0) is 15.8 Å². The molecule has 0 bridgehead atoms. The van der Waals surface area contributed by atoms with Crippen molar-refractivity contribution < 1.29 is 17.9 Å². The minimum atomic E-state index is -3.64. The zero-order chi connectivity index (χ0) is 20.1. The van der Waals surface area contributed by atoms with Crippen molar-refractivity contribution in [1.29, 1.82) is 0 Å². The van der Waals surface area contributed by atoms with E-state index >= 15 is 0 Å². The molecule has 0 saturated carbocycles. The number of primary sulfonamides is 1. The Kier molecular flexibility index (Phi) is 5.30. The van der Waals surface area contributed by atoms with Gasteiger partial charge in [-0.05, 0) is 51.3 Å². The second-order valence-corrected chi connectivity index (χ2v) is 11.4. The molecule has 0 aliphatic carbocycles. The van der Waals surface area contributed by atoms with Gasteiger partial charge in [-0.25, -0.2) is 13.6 Å². The number of fused-ring (bicyclic) bond motifs is 3. The number of rotatable bonds is 4. The van der Waals surface area contributed by atoms with Crippen LogP contribution in [0, 0.1) is 0 Å². The number of halogens is 2. The van der Waals surface area contributed by atoms with Crippen LogP contribution in [0.5, 0.6) is 11.5 Å². The molecule has 146 valence electrons. The average Bonchev–Trinajstić information content (AvgIpc) is 3.04. The molecular weight excluding hydrogens is 530 g/mol. The predicted octanol–water partition coefficient (Wildman–Crippen LogP) is 5.22. The van der Waals surface area contributed by atoms with Crippen LogP contribution in [0.3, 0.4) is 0 Å². The number of ether oxygens (including phenoxy) is 2. The van der Waals surface area contributed by atoms with Crippen LogP contribution in [0.25, 0.3) is 11.1 Å². The molecule has 0 amide bonds. The molecule has 1 atom stereocenters. The van der Waals surface area contributed by atoms with Gasteiger partial charge in [-0.3, -0.25) is 0 Å². The third kappa shape index (κ3) is 3.86. The van der Waals surface area contributed by atoms with Gasteiger partial charge < -0.3 is 9.47 Å². The first kappa shape index (κ1) is 19.9. The molecule has 1 unspecified atom stereocenters. The molecule has 0 fully saturated rings. The van der Waals surface area contributed by atoms with Gasteiger partial charge in [-0.2, -0.15) is 0 Å². The van der Waals surface area contributed by atoms with E-state index in [1.54, 1.807) is 24.5 Å². The summed E-state index contributed by atoms with van der Waals surface area (Å²) < 4.78 is 36.9. The first-order valence-electron chi connectivity index (χ1n) is 8.18. The number of sulfonamides is 1. The molecule has 2 aromatic carbocycles. The smallest absolute Gasteiger partial charge is 0.213 e. The molecule has 0 radical (unpaired) electrons. The summed E-state index contributed by atoms with van der Waals surface area (Å²) in [6.45, 7) is 0. The van der Waals surface area contributed by atoms with Gasteiger partial charge in [0.1, 0.15) is 11.5 Å². The van der Waals surface area contributed by atoms with E-state index in [1.807, 2.05) is 36.4 Å². The number of methoxy groups -OCH3 is 1. The molecule has 3 aromatic rings. The topological polar surface area (TPSA) is 78.6 Å². The maximum Gasteiger partial charge on any atom is 0.213 e. The Hall–Kier alpha value is -1.39. The zero-order valence-corrected chi connectivity index (χ0v) is 19.4. The lowest BCUT2D eigenvalue weighted by Gasteiger charge is -2.30. The summed E-state index contributed by atoms with van der Waals surface area (Å²) in [4.78, 5) is 1.01. The van der Waals surface area contributed by atoms with Crippen LogP contribution in [0.2, 0.25) is 0 Å². The van der Waals surface area contributed by atoms with Crippen LogP contribution in [0.4, 0.5) is 0 Å². The summed E-state index contributed by atoms with van der Waals surface area (Å²) >= 11 is 8.57. The summed E-state index contributed by atoms with van der Waals surface area (Å²) in [6, 6.07) is 13.3. The van der Waals surface area contributed by atoms with Crippen LogP contribution in [-0.4, -0.2) is 15.5 Å². The van der Waals surface area contributed by atoms with Crippen molar-refractivity contribution in [3.8, 4) is 22.6 Å². The van der Waals surface area contributed by atoms with Gasteiger partial charge in [0, 0.05) is 10.0 Å². The van der Waals surface area contributed by atoms with Gasteiger partial charge in [0.25, 0.3) is 0 Å². The number of thiophene rings is 1. The van der Waals surface area contributed by atoms with Crippen LogP contribution in [0.1, 0.15) is 22.1 Å². The first-order chi connectivity index (χ1) is 13.2. The molecule has 2 heterocycles. The van der Waals surface area contributed by atoms with Crippen LogP contribution < -0.4 is 14.6 Å². The quantitative estimate of drug-likeness (QED) is 0.488. The third-order valence-electron chi connectivity index (χ3n) is 4.38. The summed E-state index contributed by atoms with van der Waals surface area (Å²) in [6.07, 6.45) is -0.363. The molecule has 28 heavy (non-hydrogen) atoms. The molecule has 9 heteroatoms. The standard InChI is InChI=1S/C19H15Br2NO4S2/c1-25-14-7-11(20)8-15-18(14)12-3-2-10(9-28(22,23)24)6-13(12)19(26-15)16-4-5-17(21)27-16/h2-8,19H,9H2,1H3,(H2,22,23,24). The monoisotopic (exact) mass is 543 g/mol. The van der Waals surface area contributed by atoms with Crippen molar-refractivity contribution in [1.82, 2.24) is 0 Å². The Morgan fingerprint density at radius 3 is 2.61 bits per heavy atom. The first-order valence-corrected chi connectivity index (χ1v) is 12.3. The second-order valence-electron chi connectivity index (χ2n) is 6.35. The highest BCUT2D eigenvalue weighted by molar-refractivity contribution is 9.11. The molecule has 0 spiro atoms. The van der Waals surface area contributed by atoms with Gasteiger partial charge in [0.15, 0.2) is 6.10 Å². The summed E-state index contributed by atoms with van der Waals surface area (Å²) in [5, 5.41) is 5.24. The average molecular weight is 545 g/mol. The van der Waals surface area contributed by atoms with Gasteiger partial charge in [0.2, 0.25) is 10.0 Å². The van der Waals surface area contributed by atoms with E-state index in [0.29, 0.717) is 17.1 Å². The van der Waals surface area contributed by atoms with Crippen LogP contribution >= 0.6 is 43.2 Å². The highest BCUT2D eigenvalue weighted by atomic mass is 79.9. The van der Waals surface area contributed by atoms with E-state index in [1.165, 1.54) is 0 Å². The Bertz CT molecular complexity index is 1170. The van der Waals surface area contributed by atoms with E-state index in [-0.39, 0.29) is 11.9 Å². The SMILES string of the molecule is COc1cc(Br)cc2c1-c1ccc(CS(N)(=O)=O)cc1C(c1ccc(Br)s1)O2. The highest BCUT2D eigenvalue weighted by Gasteiger charge is 2.31. The Morgan fingerprint density at radius 1 is 1.18 bits per heavy atom. The number of nitrogens with two attached hydrogens (primary N) is 1. The summed E-state index contributed by atoms with van der Waals surface area (Å²) in [5.74, 6) is 1.15. The van der Waals surface area contributed by atoms with Gasteiger partial charge in [-0.1, -0.05) is 34.1 Å². The number of hydrogen-bond acceptors (Lipinski definition) is 5. The molecule has 1 aliphatic heterocycles. The number of benzene rings is 2. The van der Waals surface area contributed by atoms with Gasteiger partial charge in [0.05, 0.1) is 27.1 Å². The van der Waals surface area contributed by atoms with Gasteiger partial charge >= 0.3 is 0 Å². The van der Waals surface area contributed by atoms with E-state index in [0.717, 1.165) is 29.8 Å². The molecule has 2 N–H and O–H groups in total. The van der Waals surface area contributed by atoms with Crippen molar-refractivity contribution in [3.05, 3.63) is 66.7 Å². The minimum absolute atomic E-state index is 0.231. The minimum Gasteiger partial charge on any atom is -0.496 e. The highest BCUT2D eigenvalue weighted by Crippen LogP contribution is 2.51. The second kappa shape index (κ2) is 7.46. The van der Waals surface area contributed by atoms with Crippen molar-refractivity contribution >= 4 is 53.2 Å². The van der Waals surface area contributed by atoms with E-state index < -0.39 is 10.0 Å². The van der Waals surface area contributed by atoms with Crippen molar-refractivity contribution in [2.45, 2.75) is 11.9 Å². The lowest BCUT2D eigenvalue weighted by Crippen LogP contribution is -2.17. The van der Waals surface area contributed by atoms with Gasteiger partial charge in [-0.15, -0.1) is 11.3 Å². The largest absolute Gasteiger partial charge is 0.496 e. The molecule has 1 aliphatic rings. The van der Waals surface area contributed by atoms with Crippen molar-refractivity contribution in [2.24, 2.45) is 5.14 Å². The lowest BCUT2D eigenvalue weighted by atomic mass is 9.90. The fourth-order valence-electron chi connectivity index (χ4n) is 3.33. The molecule has 1 aromatic heterocycles. The number of hydrogen-bond donors (Lipinski definition) is 1. The molecule has 0 saturated heterocycles. The lowest BCUT2D eigenvalue weighted by molar-refractivity contribution is 0.245. The molecule has 5 nitrogen and oxygen atoms in total. The Balaban J connectivity index is 1.94. The molecule has 4 rings (SSSR count). The Labute approximate surface area is 183 Å². The normalized spacial score (nSPS) is 15.5. The maximum absolute atomic E-state index is 11.6. The zero-order valence-electron chi connectivity index (χ0n) is 14.6. The predicted molar refractivity (Wildman–Crippen MR) is 117 cm³/mol. The van der Waals surface area contributed by atoms with Crippen molar-refractivity contribution in [3.63, 3.8) is 0 Å².